The monoisotopic (exact) mass is 1090 g/mol. The first kappa shape index (κ1) is 55.8. The van der Waals surface area contributed by atoms with Crippen LogP contribution in [0.1, 0.15) is 69.1 Å². The third kappa shape index (κ3) is 10.6. The van der Waals surface area contributed by atoms with Crippen LogP contribution in [0.5, 0.6) is 0 Å². The quantitative estimate of drug-likeness (QED) is 0.0805. The van der Waals surface area contributed by atoms with Crippen LogP contribution in [0.25, 0.3) is 0 Å². The fourth-order valence-electron chi connectivity index (χ4n) is 13.6. The minimum absolute atomic E-state index is 0.0420. The third-order valence-corrected chi connectivity index (χ3v) is 17.5. The number of hydrogen-bond acceptors (Lipinski definition) is 13. The van der Waals surface area contributed by atoms with Crippen molar-refractivity contribution in [3.63, 3.8) is 0 Å². The van der Waals surface area contributed by atoms with E-state index in [2.05, 4.69) is 26.2 Å². The number of anilines is 3. The Morgan fingerprint density at radius 2 is 1.54 bits per heavy atom. The van der Waals surface area contributed by atoms with E-state index in [9.17, 15) is 58.5 Å². The van der Waals surface area contributed by atoms with Gasteiger partial charge in [-0.3, -0.25) is 48.6 Å². The molecule has 3 saturated carbocycles. The van der Waals surface area contributed by atoms with Crippen LogP contribution < -0.4 is 26.2 Å². The highest BCUT2D eigenvalue weighted by Gasteiger charge is 2.78. The lowest BCUT2D eigenvalue weighted by Crippen LogP contribution is -2.69. The summed E-state index contributed by atoms with van der Waals surface area (Å²) in [5.41, 5.74) is -1.85. The standard InChI is InChI=1S/C58H62F2N6O13/c1-55-20-18-40(68)25-43(55)44(59)26-42-41-24-36-29-65(32-57(36,47(70)30-67)56(41,2)27-46(69)58(42,55)60)39-12-8-33(9-13-39)22-35-4-3-5-38(23-35)63-54(78)79-31-34-6-10-37(11-7-34)62-53(77)45(14-17-52(75)76)64-49(72)28-61-48(71)19-21-66-50(73)15-16-51(66)74/h3-13,15-16,18,20,23,25,36,41-42,44-46,67,69H,14,17,19,21-22,24,26-32H2,1-2H3,(H,61,71)(H,62,77)(H,63,78)(H,64,72)(H,75,76)/t36-,41-,42-,44-,45-,46-,55-,56-,57+,58-/m0/s1. The van der Waals surface area contributed by atoms with Crippen LogP contribution in [0.4, 0.5) is 30.6 Å². The second-order valence-corrected chi connectivity index (χ2v) is 21.9. The molecule has 0 spiro atoms. The van der Waals surface area contributed by atoms with Gasteiger partial charge in [0.25, 0.3) is 11.8 Å². The van der Waals surface area contributed by atoms with Crippen molar-refractivity contribution >= 4 is 70.2 Å². The summed E-state index contributed by atoms with van der Waals surface area (Å²) in [5, 5.41) is 41.7. The molecular formula is C58H62F2N6O13. The van der Waals surface area contributed by atoms with E-state index in [-0.39, 0.29) is 62.7 Å². The van der Waals surface area contributed by atoms with Crippen LogP contribution in [0.3, 0.4) is 0 Å². The number of carbonyl (C=O) groups is 9. The first-order chi connectivity index (χ1) is 37.6. The molecule has 2 aliphatic heterocycles. The molecule has 0 aromatic heterocycles. The van der Waals surface area contributed by atoms with E-state index >= 15 is 8.78 Å². The predicted molar refractivity (Wildman–Crippen MR) is 281 cm³/mol. The van der Waals surface area contributed by atoms with E-state index in [1.807, 2.05) is 43.3 Å². The number of hydrogen-bond donors (Lipinski definition) is 7. The number of nitrogens with zero attached hydrogens (tertiary/aromatic N) is 2. The molecule has 3 aromatic carbocycles. The Labute approximate surface area is 453 Å². The normalized spacial score (nSPS) is 28.7. The Morgan fingerprint density at radius 1 is 0.835 bits per heavy atom. The number of halogens is 2. The number of aliphatic hydroxyl groups excluding tert-OH is 2. The first-order valence-electron chi connectivity index (χ1n) is 26.3. The number of carboxylic acids is 1. The lowest BCUT2D eigenvalue weighted by atomic mass is 9.43. The highest BCUT2D eigenvalue weighted by Crippen LogP contribution is 2.74. The number of amides is 6. The first-order valence-corrected chi connectivity index (χ1v) is 26.3. The van der Waals surface area contributed by atoms with Crippen molar-refractivity contribution in [2.75, 3.05) is 48.3 Å². The molecule has 3 aromatic rings. The van der Waals surface area contributed by atoms with Gasteiger partial charge >= 0.3 is 12.1 Å². The Morgan fingerprint density at radius 3 is 2.24 bits per heavy atom. The molecule has 0 radical (unpaired) electrons. The molecule has 1 saturated heterocycles. The van der Waals surface area contributed by atoms with E-state index in [1.54, 1.807) is 31.2 Å². The summed E-state index contributed by atoms with van der Waals surface area (Å²) in [6.45, 7) is 2.52. The number of benzene rings is 3. The smallest absolute Gasteiger partial charge is 0.411 e. The van der Waals surface area contributed by atoms with Crippen molar-refractivity contribution in [2.45, 2.75) is 89.4 Å². The van der Waals surface area contributed by atoms with Crippen LogP contribution in [-0.2, 0) is 56.1 Å². The van der Waals surface area contributed by atoms with E-state index in [0.29, 0.717) is 36.3 Å². The molecule has 10 atom stereocenters. The van der Waals surface area contributed by atoms with E-state index in [1.165, 1.54) is 24.3 Å². The average Bonchev–Trinajstić information content (AvgIpc) is 2.16. The molecule has 21 heteroatoms. The number of nitrogens with one attached hydrogen (secondary N) is 4. The van der Waals surface area contributed by atoms with Gasteiger partial charge in [-0.15, -0.1) is 0 Å². The number of alkyl halides is 2. The maximum atomic E-state index is 17.9. The summed E-state index contributed by atoms with van der Waals surface area (Å²) in [7, 11) is 0. The van der Waals surface area contributed by atoms with Crippen molar-refractivity contribution in [2.24, 2.45) is 34.0 Å². The zero-order chi connectivity index (χ0) is 56.6. The SMILES string of the molecule is C[C@]12C=CC(=O)C=C1[C@@H](F)C[C@H]1[C@@H]3C[C@H]4CN(c5ccc(Cc6cccc(NC(=O)OCc7ccc(NC(=O)[C@H](CCC(=O)O)NC(=O)CNC(=O)CCN8C(=O)C=CC8=O)cc7)c6)cc5)C[C@@]4(C(=O)CO)[C@@]3(C)C[C@H](O)[C@@]12F. The molecule has 19 nitrogen and oxygen atoms in total. The second kappa shape index (κ2) is 22.1. The number of carboxylic acid groups (broad SMARTS) is 1. The molecule has 0 unspecified atom stereocenters. The number of allylic oxidation sites excluding steroid dienone is 4. The molecule has 416 valence electrons. The number of imide groups is 1. The van der Waals surface area contributed by atoms with Crippen molar-refractivity contribution in [1.29, 1.82) is 0 Å². The van der Waals surface area contributed by atoms with Gasteiger partial charge in [0.15, 0.2) is 17.2 Å². The molecule has 6 aliphatic rings. The van der Waals surface area contributed by atoms with Gasteiger partial charge in [0.1, 0.15) is 25.4 Å². The Kier molecular flexibility index (Phi) is 15.6. The highest BCUT2D eigenvalue weighted by atomic mass is 19.1. The molecule has 2 heterocycles. The lowest BCUT2D eigenvalue weighted by molar-refractivity contribution is -0.210. The molecular weight excluding hydrogens is 1030 g/mol. The molecule has 7 N–H and O–H groups in total. The maximum absolute atomic E-state index is 17.9. The zero-order valence-corrected chi connectivity index (χ0v) is 43.5. The number of ether oxygens (including phenoxy) is 1. The molecule has 4 fully saturated rings. The van der Waals surface area contributed by atoms with Gasteiger partial charge in [-0.1, -0.05) is 49.4 Å². The van der Waals surface area contributed by atoms with Crippen LogP contribution >= 0.6 is 0 Å². The number of aliphatic carboxylic acids is 1. The van der Waals surface area contributed by atoms with Gasteiger partial charge in [0, 0.05) is 73.0 Å². The lowest BCUT2D eigenvalue weighted by Gasteiger charge is -2.63. The molecule has 79 heavy (non-hydrogen) atoms. The summed E-state index contributed by atoms with van der Waals surface area (Å²) in [6.07, 6.45) is 1.73. The van der Waals surface area contributed by atoms with E-state index in [0.717, 1.165) is 39.9 Å². The van der Waals surface area contributed by atoms with Gasteiger partial charge in [-0.05, 0) is 127 Å². The number of rotatable bonds is 19. The van der Waals surface area contributed by atoms with Crippen LogP contribution in [0.2, 0.25) is 0 Å². The number of aliphatic hydroxyl groups is 2. The summed E-state index contributed by atoms with van der Waals surface area (Å²) in [5.74, 6) is -6.96. The summed E-state index contributed by atoms with van der Waals surface area (Å²) in [6, 6.07) is 20.0. The largest absolute Gasteiger partial charge is 0.481 e. The van der Waals surface area contributed by atoms with Crippen molar-refractivity contribution < 1.29 is 72.0 Å². The van der Waals surface area contributed by atoms with Crippen molar-refractivity contribution in [3.05, 3.63) is 125 Å². The molecule has 0 bridgehead atoms. The van der Waals surface area contributed by atoms with Crippen molar-refractivity contribution in [3.8, 4) is 0 Å². The van der Waals surface area contributed by atoms with Gasteiger partial charge in [0.2, 0.25) is 17.7 Å². The summed E-state index contributed by atoms with van der Waals surface area (Å²) < 4.78 is 39.4. The van der Waals surface area contributed by atoms with Crippen LogP contribution in [0.15, 0.2) is 109 Å². The van der Waals surface area contributed by atoms with Gasteiger partial charge in [-0.25, -0.2) is 13.6 Å². The average molecular weight is 1090 g/mol. The van der Waals surface area contributed by atoms with E-state index < -0.39 is 119 Å². The van der Waals surface area contributed by atoms with Gasteiger partial charge in [0.05, 0.1) is 18.1 Å². The highest BCUT2D eigenvalue weighted by molar-refractivity contribution is 6.13. The summed E-state index contributed by atoms with van der Waals surface area (Å²) in [4.78, 5) is 115. The third-order valence-electron chi connectivity index (χ3n) is 17.5. The summed E-state index contributed by atoms with van der Waals surface area (Å²) >= 11 is 0. The van der Waals surface area contributed by atoms with Crippen LogP contribution in [0, 0.1) is 34.0 Å². The van der Waals surface area contributed by atoms with Gasteiger partial charge < -0.3 is 40.9 Å². The molecule has 6 amide bonds. The Bertz CT molecular complexity index is 3060. The van der Waals surface area contributed by atoms with Gasteiger partial charge in [-0.2, -0.15) is 0 Å². The minimum atomic E-state index is -2.27. The molecule has 4 aliphatic carbocycles. The maximum Gasteiger partial charge on any atom is 0.411 e. The number of Topliss-reactive ketones (excluding diaryl/α,β-unsaturated/α-hetero) is 1. The van der Waals surface area contributed by atoms with E-state index in [4.69, 9.17) is 4.74 Å². The fourth-order valence-corrected chi connectivity index (χ4v) is 13.6. The van der Waals surface area contributed by atoms with Crippen molar-refractivity contribution in [1.82, 2.24) is 15.5 Å². The Hall–Kier alpha value is -7.91. The molecule has 9 rings (SSSR count). The zero-order valence-electron chi connectivity index (χ0n) is 43.5. The number of fused-ring (bicyclic) bond motifs is 7. The fraction of sp³-hybridized carbons (Fsp3) is 0.431. The number of ketones is 2. The minimum Gasteiger partial charge on any atom is -0.481 e. The number of carbonyl (C=O) groups excluding carboxylic acids is 8. The van der Waals surface area contributed by atoms with Crippen LogP contribution in [-0.4, -0.2) is 130 Å². The topological polar surface area (TPSA) is 278 Å². The Balaban J connectivity index is 0.756. The second-order valence-electron chi connectivity index (χ2n) is 21.9. The predicted octanol–water partition coefficient (Wildman–Crippen LogP) is 4.66.